The standard InChI is InChI=1S/C27H24N4O2S/c1-17-9-8-12-20(15-17)28-25(32)18(2)34-27-30-22-14-7-6-13-21(22)24-29-23(26(33)31(24)27)16-19-10-4-3-5-11-19/h3-15,18,23H,16H2,1-2H3,(H,28,32)/t18-,23+/m0/s1. The van der Waals surface area contributed by atoms with E-state index in [0.29, 0.717) is 17.4 Å². The zero-order valence-electron chi connectivity index (χ0n) is 18.9. The summed E-state index contributed by atoms with van der Waals surface area (Å²) >= 11 is 1.27. The summed E-state index contributed by atoms with van der Waals surface area (Å²) < 4.78 is 0. The van der Waals surface area contributed by atoms with Gasteiger partial charge in [0.1, 0.15) is 11.9 Å². The summed E-state index contributed by atoms with van der Waals surface area (Å²) in [6, 6.07) is 24.7. The zero-order valence-corrected chi connectivity index (χ0v) is 19.8. The van der Waals surface area contributed by atoms with E-state index in [-0.39, 0.29) is 11.8 Å². The Bertz CT molecular complexity index is 1320. The van der Waals surface area contributed by atoms with Gasteiger partial charge in [-0.2, -0.15) is 0 Å². The first-order valence-electron chi connectivity index (χ1n) is 11.2. The molecule has 170 valence electrons. The van der Waals surface area contributed by atoms with Crippen LogP contribution in [0.15, 0.2) is 88.8 Å². The minimum absolute atomic E-state index is 0.120. The Morgan fingerprint density at radius 3 is 2.62 bits per heavy atom. The number of aliphatic imine (C=N–C) groups is 2. The molecule has 34 heavy (non-hydrogen) atoms. The largest absolute Gasteiger partial charge is 0.325 e. The lowest BCUT2D eigenvalue weighted by molar-refractivity contribution is -0.124. The Kier molecular flexibility index (Phi) is 6.02. The third-order valence-electron chi connectivity index (χ3n) is 5.76. The lowest BCUT2D eigenvalue weighted by atomic mass is 10.1. The first-order valence-corrected chi connectivity index (χ1v) is 12.1. The molecule has 0 saturated heterocycles. The predicted octanol–water partition coefficient (Wildman–Crippen LogP) is 4.96. The van der Waals surface area contributed by atoms with Crippen molar-refractivity contribution in [1.82, 2.24) is 4.90 Å². The van der Waals surface area contributed by atoms with E-state index in [1.165, 1.54) is 11.8 Å². The molecule has 6 nitrogen and oxygen atoms in total. The second kappa shape index (κ2) is 9.27. The number of nitrogens with zero attached hydrogens (tertiary/aromatic N) is 3. The fourth-order valence-electron chi connectivity index (χ4n) is 4.03. The molecule has 2 aliphatic rings. The lowest BCUT2D eigenvalue weighted by Crippen LogP contribution is -2.42. The Hall–Kier alpha value is -3.71. The number of carbonyl (C=O) groups is 2. The van der Waals surface area contributed by atoms with E-state index >= 15 is 0 Å². The number of aryl methyl sites for hydroxylation is 1. The fourth-order valence-corrected chi connectivity index (χ4v) is 4.94. The normalized spacial score (nSPS) is 17.4. The van der Waals surface area contributed by atoms with Gasteiger partial charge in [0.25, 0.3) is 5.91 Å². The molecule has 2 aliphatic heterocycles. The van der Waals surface area contributed by atoms with E-state index in [1.54, 1.807) is 4.90 Å². The molecular weight excluding hydrogens is 444 g/mol. The van der Waals surface area contributed by atoms with Crippen molar-refractivity contribution in [3.05, 3.63) is 95.6 Å². The van der Waals surface area contributed by atoms with E-state index in [1.807, 2.05) is 92.7 Å². The summed E-state index contributed by atoms with van der Waals surface area (Å²) in [5, 5.41) is 2.97. The van der Waals surface area contributed by atoms with Crippen LogP contribution in [0.5, 0.6) is 0 Å². The van der Waals surface area contributed by atoms with Gasteiger partial charge in [-0.3, -0.25) is 14.6 Å². The van der Waals surface area contributed by atoms with Crippen molar-refractivity contribution < 1.29 is 9.59 Å². The zero-order chi connectivity index (χ0) is 23.7. The van der Waals surface area contributed by atoms with Gasteiger partial charge < -0.3 is 5.32 Å². The molecule has 1 N–H and O–H groups in total. The highest BCUT2D eigenvalue weighted by Crippen LogP contribution is 2.35. The molecule has 0 saturated carbocycles. The maximum Gasteiger partial charge on any atom is 0.259 e. The molecule has 7 heteroatoms. The maximum atomic E-state index is 13.5. The molecule has 5 rings (SSSR count). The van der Waals surface area contributed by atoms with Crippen molar-refractivity contribution in [2.24, 2.45) is 9.98 Å². The molecule has 0 unspecified atom stereocenters. The number of hydrogen-bond acceptors (Lipinski definition) is 5. The second-order valence-corrected chi connectivity index (χ2v) is 9.67. The lowest BCUT2D eigenvalue weighted by Gasteiger charge is -2.27. The van der Waals surface area contributed by atoms with Gasteiger partial charge in [0.2, 0.25) is 5.91 Å². The summed E-state index contributed by atoms with van der Waals surface area (Å²) in [7, 11) is 0. The number of nitrogens with one attached hydrogen (secondary N) is 1. The van der Waals surface area contributed by atoms with Gasteiger partial charge in [0.15, 0.2) is 5.17 Å². The molecule has 0 aliphatic carbocycles. The van der Waals surface area contributed by atoms with Crippen molar-refractivity contribution >= 4 is 46.0 Å². The highest BCUT2D eigenvalue weighted by Gasteiger charge is 2.42. The van der Waals surface area contributed by atoms with Crippen LogP contribution in [0.1, 0.15) is 23.6 Å². The predicted molar refractivity (Wildman–Crippen MR) is 138 cm³/mol. The van der Waals surface area contributed by atoms with Crippen molar-refractivity contribution in [2.45, 2.75) is 31.6 Å². The summed E-state index contributed by atoms with van der Waals surface area (Å²) in [6.45, 7) is 3.80. The number of benzene rings is 3. The van der Waals surface area contributed by atoms with E-state index in [9.17, 15) is 9.59 Å². The molecule has 3 aromatic rings. The van der Waals surface area contributed by atoms with E-state index in [2.05, 4.69) is 5.32 Å². The molecule has 3 aromatic carbocycles. The van der Waals surface area contributed by atoms with Crippen LogP contribution in [0.25, 0.3) is 0 Å². The monoisotopic (exact) mass is 468 g/mol. The van der Waals surface area contributed by atoms with Gasteiger partial charge in [0.05, 0.1) is 10.9 Å². The van der Waals surface area contributed by atoms with Crippen molar-refractivity contribution in [3.8, 4) is 0 Å². The molecular formula is C27H24N4O2S. The van der Waals surface area contributed by atoms with Crippen LogP contribution < -0.4 is 5.32 Å². The van der Waals surface area contributed by atoms with E-state index in [0.717, 1.165) is 28.1 Å². The Balaban J connectivity index is 1.40. The van der Waals surface area contributed by atoms with Crippen molar-refractivity contribution in [2.75, 3.05) is 5.32 Å². The van der Waals surface area contributed by atoms with Crippen LogP contribution in [-0.2, 0) is 16.0 Å². The minimum Gasteiger partial charge on any atom is -0.325 e. The molecule has 0 bridgehead atoms. The van der Waals surface area contributed by atoms with Gasteiger partial charge in [-0.25, -0.2) is 9.89 Å². The Morgan fingerprint density at radius 1 is 1.06 bits per heavy atom. The van der Waals surface area contributed by atoms with Gasteiger partial charge in [-0.1, -0.05) is 66.4 Å². The third kappa shape index (κ3) is 4.39. The average molecular weight is 469 g/mol. The second-order valence-electron chi connectivity index (χ2n) is 8.36. The van der Waals surface area contributed by atoms with Crippen molar-refractivity contribution in [1.29, 1.82) is 0 Å². The average Bonchev–Trinajstić information content (AvgIpc) is 3.16. The number of anilines is 1. The van der Waals surface area contributed by atoms with Crippen molar-refractivity contribution in [3.63, 3.8) is 0 Å². The highest BCUT2D eigenvalue weighted by molar-refractivity contribution is 8.15. The molecule has 2 atom stereocenters. The molecule has 0 aromatic heterocycles. The van der Waals surface area contributed by atoms with Crippen LogP contribution in [0.3, 0.4) is 0 Å². The Morgan fingerprint density at radius 2 is 1.82 bits per heavy atom. The quantitative estimate of drug-likeness (QED) is 0.575. The summed E-state index contributed by atoms with van der Waals surface area (Å²) in [4.78, 5) is 37.5. The Labute approximate surface area is 202 Å². The highest BCUT2D eigenvalue weighted by atomic mass is 32.2. The number of rotatable bonds is 5. The number of amides is 2. The molecule has 0 radical (unpaired) electrons. The molecule has 2 heterocycles. The number of carbonyl (C=O) groups excluding carboxylic acids is 2. The summed E-state index contributed by atoms with van der Waals surface area (Å²) in [5.41, 5.74) is 4.44. The summed E-state index contributed by atoms with van der Waals surface area (Å²) in [5.74, 6) is 0.333. The third-order valence-corrected chi connectivity index (χ3v) is 6.81. The molecule has 2 amide bonds. The first kappa shape index (κ1) is 22.1. The minimum atomic E-state index is -0.522. The van der Waals surface area contributed by atoms with E-state index in [4.69, 9.17) is 9.98 Å². The first-order chi connectivity index (χ1) is 16.5. The molecule has 0 spiro atoms. The van der Waals surface area contributed by atoms with Gasteiger partial charge in [0, 0.05) is 17.7 Å². The van der Waals surface area contributed by atoms with Gasteiger partial charge >= 0.3 is 0 Å². The summed E-state index contributed by atoms with van der Waals surface area (Å²) in [6.07, 6.45) is 0.517. The topological polar surface area (TPSA) is 74.1 Å². The number of para-hydroxylation sites is 1. The smallest absolute Gasteiger partial charge is 0.259 e. The van der Waals surface area contributed by atoms with Crippen LogP contribution in [0.2, 0.25) is 0 Å². The van der Waals surface area contributed by atoms with Gasteiger partial charge in [-0.05, 0) is 49.2 Å². The van der Waals surface area contributed by atoms with Crippen LogP contribution in [-0.4, -0.2) is 39.0 Å². The van der Waals surface area contributed by atoms with E-state index < -0.39 is 11.3 Å². The SMILES string of the molecule is Cc1cccc(NC(=O)[C@H](C)SC2=Nc3ccccc3C3=N[C@H](Cc4ccccc4)C(=O)N23)c1. The van der Waals surface area contributed by atoms with Crippen LogP contribution in [0, 0.1) is 6.92 Å². The van der Waals surface area contributed by atoms with Crippen LogP contribution >= 0.6 is 11.8 Å². The number of fused-ring (bicyclic) bond motifs is 3. The van der Waals surface area contributed by atoms with Crippen LogP contribution in [0.4, 0.5) is 11.4 Å². The maximum absolute atomic E-state index is 13.5. The number of thioether (sulfide) groups is 1. The van der Waals surface area contributed by atoms with Gasteiger partial charge in [-0.15, -0.1) is 0 Å². The number of hydrogen-bond donors (Lipinski definition) is 1. The number of amidine groups is 2. The fraction of sp³-hybridized carbons (Fsp3) is 0.185. The molecule has 0 fully saturated rings.